The molecule has 0 saturated carbocycles. The summed E-state index contributed by atoms with van der Waals surface area (Å²) in [6.45, 7) is 2.47. The van der Waals surface area contributed by atoms with Crippen LogP contribution in [0.2, 0.25) is 0 Å². The molecule has 1 unspecified atom stereocenters. The van der Waals surface area contributed by atoms with E-state index in [0.717, 1.165) is 16.9 Å². The van der Waals surface area contributed by atoms with Crippen molar-refractivity contribution in [2.24, 2.45) is 0 Å². The molecule has 1 amide bonds. The number of benzene rings is 2. The molecule has 138 valence electrons. The molecule has 0 aliphatic rings. The molecule has 0 aliphatic carbocycles. The van der Waals surface area contributed by atoms with Gasteiger partial charge >= 0.3 is 0 Å². The van der Waals surface area contributed by atoms with Crippen LogP contribution in [0.25, 0.3) is 0 Å². The molecule has 2 aromatic rings. The Bertz CT molecular complexity index is 744. The Morgan fingerprint density at radius 3 is 2.54 bits per heavy atom. The van der Waals surface area contributed by atoms with Gasteiger partial charge in [-0.2, -0.15) is 0 Å². The highest BCUT2D eigenvalue weighted by Crippen LogP contribution is 2.11. The molecule has 0 bridgehead atoms. The maximum absolute atomic E-state index is 12.1. The fraction of sp³-hybridized carbons (Fsp3) is 0.300. The zero-order valence-electron chi connectivity index (χ0n) is 15.0. The zero-order valence-corrected chi connectivity index (χ0v) is 15.0. The third-order valence-corrected chi connectivity index (χ3v) is 4.05. The monoisotopic (exact) mass is 356 g/mol. The molecule has 0 aliphatic heterocycles. The molecule has 0 fully saturated rings. The second-order valence-electron chi connectivity index (χ2n) is 6.17. The third kappa shape index (κ3) is 6.22. The number of hydrogen-bond donors (Lipinski definition) is 2. The summed E-state index contributed by atoms with van der Waals surface area (Å²) >= 11 is 0. The van der Waals surface area contributed by atoms with Gasteiger partial charge < -0.3 is 25.3 Å². The number of methoxy groups -OCH3 is 1. The van der Waals surface area contributed by atoms with Crippen LogP contribution in [0.4, 0.5) is 5.69 Å². The van der Waals surface area contributed by atoms with Gasteiger partial charge in [-0.1, -0.05) is 24.3 Å². The van der Waals surface area contributed by atoms with Gasteiger partial charge in [0.25, 0.3) is 0 Å². The highest BCUT2D eigenvalue weighted by Gasteiger charge is 2.18. The molecule has 2 rings (SSSR count). The van der Waals surface area contributed by atoms with Gasteiger partial charge in [0.15, 0.2) is 0 Å². The first-order chi connectivity index (χ1) is 12.5. The normalized spacial score (nSPS) is 11.6. The van der Waals surface area contributed by atoms with Gasteiger partial charge in [-0.25, -0.2) is 0 Å². The van der Waals surface area contributed by atoms with Crippen molar-refractivity contribution in [3.63, 3.8) is 0 Å². The molecule has 26 heavy (non-hydrogen) atoms. The lowest BCUT2D eigenvalue weighted by Crippen LogP contribution is -2.93. The smallest absolute Gasteiger partial charge is 0.230 e. The summed E-state index contributed by atoms with van der Waals surface area (Å²) in [5, 5.41) is 15.7. The van der Waals surface area contributed by atoms with E-state index >= 15 is 0 Å². The lowest BCUT2D eigenvalue weighted by atomic mass is 10.1. The Balaban J connectivity index is 1.83. The number of nitrogens with one attached hydrogen (secondary N) is 1. The summed E-state index contributed by atoms with van der Waals surface area (Å²) in [5.41, 5.74) is 2.75. The molecule has 2 aromatic carbocycles. The molecule has 0 radical (unpaired) electrons. The second-order valence-corrected chi connectivity index (χ2v) is 6.17. The van der Waals surface area contributed by atoms with Crippen LogP contribution in [0, 0.1) is 6.92 Å². The van der Waals surface area contributed by atoms with Gasteiger partial charge in [-0.3, -0.25) is 4.79 Å². The van der Waals surface area contributed by atoms with Crippen LogP contribution < -0.4 is 20.5 Å². The van der Waals surface area contributed by atoms with Gasteiger partial charge in [-0.15, -0.1) is 0 Å². The maximum Gasteiger partial charge on any atom is 0.230 e. The maximum atomic E-state index is 12.1. The molecule has 0 spiro atoms. The molecule has 6 heteroatoms. The molecule has 3 N–H and O–H groups in total. The highest BCUT2D eigenvalue weighted by molar-refractivity contribution is 5.93. The van der Waals surface area contributed by atoms with E-state index in [9.17, 15) is 14.7 Å². The van der Waals surface area contributed by atoms with Crippen LogP contribution in [0.5, 0.6) is 5.75 Å². The lowest BCUT2D eigenvalue weighted by Gasteiger charge is -2.16. The number of carboxylic acids is 1. The van der Waals surface area contributed by atoms with Crippen LogP contribution in [-0.2, 0) is 16.0 Å². The number of hydrogen-bond acceptors (Lipinski definition) is 4. The Kier molecular flexibility index (Phi) is 7.17. The molecule has 0 saturated heterocycles. The average Bonchev–Trinajstić information content (AvgIpc) is 2.61. The van der Waals surface area contributed by atoms with Crippen molar-refractivity contribution in [1.82, 2.24) is 0 Å². The first-order valence-corrected chi connectivity index (χ1v) is 8.51. The Morgan fingerprint density at radius 1 is 1.19 bits per heavy atom. The summed E-state index contributed by atoms with van der Waals surface area (Å²) in [6.07, 6.45) is 0.548. The van der Waals surface area contributed by atoms with E-state index in [1.165, 1.54) is 0 Å². The van der Waals surface area contributed by atoms with Crippen LogP contribution >= 0.6 is 0 Å². The Hall–Kier alpha value is -2.86. The minimum Gasteiger partial charge on any atom is -0.544 e. The number of nitrogens with two attached hydrogens (primary N) is 1. The van der Waals surface area contributed by atoms with Crippen LogP contribution in [0.1, 0.15) is 17.5 Å². The van der Waals surface area contributed by atoms with Gasteiger partial charge in [-0.05, 0) is 42.3 Å². The summed E-state index contributed by atoms with van der Waals surface area (Å²) in [6, 6.07) is 14.0. The predicted molar refractivity (Wildman–Crippen MR) is 96.7 cm³/mol. The summed E-state index contributed by atoms with van der Waals surface area (Å²) in [4.78, 5) is 23.4. The van der Waals surface area contributed by atoms with Crippen molar-refractivity contribution >= 4 is 17.6 Å². The quantitative estimate of drug-likeness (QED) is 0.674. The number of quaternary nitrogens is 1. The van der Waals surface area contributed by atoms with Gasteiger partial charge in [0, 0.05) is 12.1 Å². The van der Waals surface area contributed by atoms with Gasteiger partial charge in [0.2, 0.25) is 5.91 Å². The van der Waals surface area contributed by atoms with E-state index in [1.54, 1.807) is 18.5 Å². The number of rotatable bonds is 9. The number of aryl methyl sites for hydroxylation is 1. The van der Waals surface area contributed by atoms with E-state index < -0.39 is 12.0 Å². The number of anilines is 1. The van der Waals surface area contributed by atoms with E-state index in [0.29, 0.717) is 18.7 Å². The first kappa shape index (κ1) is 19.5. The van der Waals surface area contributed by atoms with Crippen molar-refractivity contribution in [2.45, 2.75) is 25.8 Å². The Morgan fingerprint density at radius 2 is 1.92 bits per heavy atom. The van der Waals surface area contributed by atoms with Gasteiger partial charge in [0.05, 0.1) is 26.0 Å². The number of ether oxygens (including phenoxy) is 1. The number of aliphatic carboxylic acids is 1. The van der Waals surface area contributed by atoms with Crippen LogP contribution in [-0.4, -0.2) is 31.6 Å². The van der Waals surface area contributed by atoms with Crippen LogP contribution in [0.3, 0.4) is 0 Å². The van der Waals surface area contributed by atoms with E-state index in [2.05, 4.69) is 5.32 Å². The minimum atomic E-state index is -1.24. The van der Waals surface area contributed by atoms with E-state index in [1.807, 2.05) is 49.4 Å². The fourth-order valence-corrected chi connectivity index (χ4v) is 2.64. The second kappa shape index (κ2) is 9.58. The SMILES string of the molecule is COc1ccc(CC[NH2+]C(CC(=O)Nc2cccc(C)c2)C(=O)[O-])cc1. The van der Waals surface area contributed by atoms with Crippen molar-refractivity contribution < 1.29 is 24.7 Å². The number of carbonyl (C=O) groups is 2. The summed E-state index contributed by atoms with van der Waals surface area (Å²) < 4.78 is 5.11. The first-order valence-electron chi connectivity index (χ1n) is 8.51. The third-order valence-electron chi connectivity index (χ3n) is 4.05. The zero-order chi connectivity index (χ0) is 18.9. The molecular formula is C20H24N2O4. The van der Waals surface area contributed by atoms with Gasteiger partial charge in [0.1, 0.15) is 11.8 Å². The standard InChI is InChI=1S/C20H24N2O4/c1-14-4-3-5-16(12-14)22-19(23)13-18(20(24)25)21-11-10-15-6-8-17(26-2)9-7-15/h3-9,12,18,21H,10-11,13H2,1-2H3,(H,22,23)(H,24,25). The number of amides is 1. The predicted octanol–water partition coefficient (Wildman–Crippen LogP) is 0.257. The van der Waals surface area contributed by atoms with Crippen molar-refractivity contribution in [2.75, 3.05) is 19.0 Å². The largest absolute Gasteiger partial charge is 0.544 e. The van der Waals surface area contributed by atoms with E-state index in [-0.39, 0.29) is 12.3 Å². The summed E-state index contributed by atoms with van der Waals surface area (Å²) in [7, 11) is 1.61. The van der Waals surface area contributed by atoms with E-state index in [4.69, 9.17) is 4.74 Å². The van der Waals surface area contributed by atoms with Crippen molar-refractivity contribution in [3.05, 3.63) is 59.7 Å². The highest BCUT2D eigenvalue weighted by atomic mass is 16.5. The minimum absolute atomic E-state index is 0.140. The summed E-state index contributed by atoms with van der Waals surface area (Å²) in [5.74, 6) is -0.803. The van der Waals surface area contributed by atoms with Crippen molar-refractivity contribution in [3.8, 4) is 5.75 Å². The van der Waals surface area contributed by atoms with Crippen molar-refractivity contribution in [1.29, 1.82) is 0 Å². The molecule has 0 aromatic heterocycles. The lowest BCUT2D eigenvalue weighted by molar-refractivity contribution is -0.682. The number of carbonyl (C=O) groups excluding carboxylic acids is 2. The number of carboxylic acid groups (broad SMARTS) is 1. The Labute approximate surface area is 153 Å². The molecule has 1 atom stereocenters. The van der Waals surface area contributed by atoms with Crippen LogP contribution in [0.15, 0.2) is 48.5 Å². The topological polar surface area (TPSA) is 95.1 Å². The average molecular weight is 356 g/mol. The molecular weight excluding hydrogens is 332 g/mol. The molecule has 0 heterocycles. The molecule has 6 nitrogen and oxygen atoms in total. The fourth-order valence-electron chi connectivity index (χ4n) is 2.64.